The summed E-state index contributed by atoms with van der Waals surface area (Å²) in [4.78, 5) is 28.7. The van der Waals surface area contributed by atoms with Gasteiger partial charge >= 0.3 is 0 Å². The first-order valence-electron chi connectivity index (χ1n) is 9.44. The number of hydrogen-bond acceptors (Lipinski definition) is 4. The fourth-order valence-electron chi connectivity index (χ4n) is 3.51. The zero-order valence-electron chi connectivity index (χ0n) is 16.3. The molecule has 1 N–H and O–H groups in total. The number of carbonyl (C=O) groups excluding carboxylic acids is 1. The van der Waals surface area contributed by atoms with E-state index in [0.29, 0.717) is 22.0 Å². The quantitative estimate of drug-likeness (QED) is 0.691. The van der Waals surface area contributed by atoms with Gasteiger partial charge in [-0.3, -0.25) is 9.59 Å². The normalized spacial score (nSPS) is 15.5. The summed E-state index contributed by atoms with van der Waals surface area (Å²) in [6.07, 6.45) is 0. The van der Waals surface area contributed by atoms with Crippen LogP contribution >= 0.6 is 0 Å². The van der Waals surface area contributed by atoms with Gasteiger partial charge in [-0.25, -0.2) is 12.8 Å². The number of carbonyl (C=O) groups is 1. The van der Waals surface area contributed by atoms with Gasteiger partial charge in [-0.2, -0.15) is 4.31 Å². The molecule has 2 aromatic carbocycles. The number of fused-ring (bicyclic) bond motifs is 1. The molecule has 0 atom stereocenters. The number of hydrogen-bond donors (Lipinski definition) is 1. The maximum Gasteiger partial charge on any atom is 0.253 e. The molecule has 7 nitrogen and oxygen atoms in total. The number of halogens is 1. The first kappa shape index (κ1) is 20.2. The first-order valence-corrected chi connectivity index (χ1v) is 10.9. The van der Waals surface area contributed by atoms with E-state index in [1.807, 2.05) is 0 Å². The van der Waals surface area contributed by atoms with Crippen LogP contribution < -0.4 is 5.56 Å². The van der Waals surface area contributed by atoms with Crippen molar-refractivity contribution < 1.29 is 17.6 Å². The van der Waals surface area contributed by atoms with Gasteiger partial charge in [-0.15, -0.1) is 0 Å². The van der Waals surface area contributed by atoms with Gasteiger partial charge in [0.05, 0.1) is 4.90 Å². The van der Waals surface area contributed by atoms with Crippen LogP contribution in [0.5, 0.6) is 0 Å². The zero-order chi connectivity index (χ0) is 21.5. The maximum atomic E-state index is 13.1. The van der Waals surface area contributed by atoms with E-state index in [0.717, 1.165) is 0 Å². The second-order valence-electron chi connectivity index (χ2n) is 7.23. The summed E-state index contributed by atoms with van der Waals surface area (Å²) in [7, 11) is -3.74. The largest absolute Gasteiger partial charge is 0.336 e. The maximum absolute atomic E-state index is 13.1. The Morgan fingerprint density at radius 3 is 2.33 bits per heavy atom. The minimum absolute atomic E-state index is 0.139. The molecule has 0 radical (unpaired) electrons. The van der Waals surface area contributed by atoms with Crippen LogP contribution in [0, 0.1) is 12.7 Å². The topological polar surface area (TPSA) is 90.6 Å². The lowest BCUT2D eigenvalue weighted by Gasteiger charge is -2.34. The molecule has 1 aliphatic heterocycles. The number of aryl methyl sites for hydroxylation is 1. The fraction of sp³-hybridized carbons (Fsp3) is 0.238. The highest BCUT2D eigenvalue weighted by Crippen LogP contribution is 2.22. The van der Waals surface area contributed by atoms with Gasteiger partial charge in [-0.1, -0.05) is 0 Å². The standard InChI is InChI=1S/C21H20FN3O4S/c1-14-12-16-13-18(6-7-19(16)23-20(14)26)30(28,29)25-10-8-24(9-11-25)21(27)15-2-4-17(22)5-3-15/h2-7,12-13H,8-11H2,1H3,(H,23,26). The Kier molecular flexibility index (Phi) is 5.17. The number of H-pyrrole nitrogens is 1. The third-order valence-corrected chi connectivity index (χ3v) is 7.15. The van der Waals surface area contributed by atoms with Gasteiger partial charge in [-0.05, 0) is 60.8 Å². The molecule has 156 valence electrons. The Morgan fingerprint density at radius 1 is 1.00 bits per heavy atom. The monoisotopic (exact) mass is 429 g/mol. The Balaban J connectivity index is 1.51. The van der Waals surface area contributed by atoms with Crippen LogP contribution in [0.15, 0.2) is 58.2 Å². The fourth-order valence-corrected chi connectivity index (χ4v) is 4.97. The third kappa shape index (κ3) is 3.73. The van der Waals surface area contributed by atoms with Crippen molar-refractivity contribution in [3.05, 3.63) is 75.8 Å². The number of sulfonamides is 1. The van der Waals surface area contributed by atoms with Gasteiger partial charge in [0, 0.05) is 42.8 Å². The second kappa shape index (κ2) is 7.66. The van der Waals surface area contributed by atoms with Crippen LogP contribution in [0.4, 0.5) is 4.39 Å². The number of aromatic nitrogens is 1. The van der Waals surface area contributed by atoms with Crippen molar-refractivity contribution in [2.75, 3.05) is 26.2 Å². The summed E-state index contributed by atoms with van der Waals surface area (Å²) in [5, 5.41) is 0.637. The number of amides is 1. The minimum atomic E-state index is -3.74. The van der Waals surface area contributed by atoms with Crippen LogP contribution in [0.25, 0.3) is 10.9 Å². The molecule has 3 aromatic rings. The average molecular weight is 429 g/mol. The van der Waals surface area contributed by atoms with Crippen molar-refractivity contribution in [1.29, 1.82) is 0 Å². The highest BCUT2D eigenvalue weighted by Gasteiger charge is 2.30. The molecular weight excluding hydrogens is 409 g/mol. The number of pyridine rings is 1. The van der Waals surface area contributed by atoms with Crippen LogP contribution in [0.1, 0.15) is 15.9 Å². The molecule has 9 heteroatoms. The number of nitrogens with one attached hydrogen (secondary N) is 1. The molecular formula is C21H20FN3O4S. The molecule has 0 saturated carbocycles. The van der Waals surface area contributed by atoms with Crippen molar-refractivity contribution in [3.63, 3.8) is 0 Å². The molecule has 0 bridgehead atoms. The number of nitrogens with zero attached hydrogens (tertiary/aromatic N) is 2. The summed E-state index contributed by atoms with van der Waals surface area (Å²) < 4.78 is 40.6. The van der Waals surface area contributed by atoms with E-state index in [9.17, 15) is 22.4 Å². The van der Waals surface area contributed by atoms with Gasteiger partial charge in [0.25, 0.3) is 11.5 Å². The van der Waals surface area contributed by atoms with E-state index in [1.54, 1.807) is 30.0 Å². The van der Waals surface area contributed by atoms with Crippen molar-refractivity contribution in [2.45, 2.75) is 11.8 Å². The average Bonchev–Trinajstić information content (AvgIpc) is 2.74. The van der Waals surface area contributed by atoms with Gasteiger partial charge in [0.1, 0.15) is 5.82 Å². The third-order valence-electron chi connectivity index (χ3n) is 5.26. The molecule has 1 aromatic heterocycles. The number of aromatic amines is 1. The molecule has 0 aliphatic carbocycles. The molecule has 0 unspecified atom stereocenters. The lowest BCUT2D eigenvalue weighted by molar-refractivity contribution is 0.0698. The van der Waals surface area contributed by atoms with E-state index in [2.05, 4.69) is 4.98 Å². The summed E-state index contributed by atoms with van der Waals surface area (Å²) in [6.45, 7) is 2.48. The van der Waals surface area contributed by atoms with Gasteiger partial charge in [0.15, 0.2) is 0 Å². The number of rotatable bonds is 3. The van der Waals surface area contributed by atoms with Crippen LogP contribution in [-0.2, 0) is 10.0 Å². The molecule has 1 aliphatic rings. The van der Waals surface area contributed by atoms with Crippen molar-refractivity contribution in [2.24, 2.45) is 0 Å². The lowest BCUT2D eigenvalue weighted by atomic mass is 10.2. The van der Waals surface area contributed by atoms with E-state index in [-0.39, 0.29) is 42.5 Å². The molecule has 4 rings (SSSR count). The van der Waals surface area contributed by atoms with E-state index >= 15 is 0 Å². The predicted octanol–water partition coefficient (Wildman–Crippen LogP) is 2.12. The van der Waals surface area contributed by atoms with Crippen LogP contribution in [0.3, 0.4) is 0 Å². The van der Waals surface area contributed by atoms with E-state index in [1.165, 1.54) is 34.6 Å². The van der Waals surface area contributed by atoms with E-state index < -0.39 is 15.8 Å². The SMILES string of the molecule is Cc1cc2cc(S(=O)(=O)N3CCN(C(=O)c4ccc(F)cc4)CC3)ccc2[nH]c1=O. The van der Waals surface area contributed by atoms with Crippen LogP contribution in [0.2, 0.25) is 0 Å². The van der Waals surface area contributed by atoms with E-state index in [4.69, 9.17) is 0 Å². The predicted molar refractivity (Wildman–Crippen MR) is 110 cm³/mol. The molecule has 1 fully saturated rings. The molecule has 1 amide bonds. The highest BCUT2D eigenvalue weighted by atomic mass is 32.2. The Bertz CT molecular complexity index is 1280. The summed E-state index contributed by atoms with van der Waals surface area (Å²) >= 11 is 0. The van der Waals surface area contributed by atoms with Crippen molar-refractivity contribution in [1.82, 2.24) is 14.2 Å². The summed E-state index contributed by atoms with van der Waals surface area (Å²) in [5.74, 6) is -0.672. The van der Waals surface area contributed by atoms with Crippen molar-refractivity contribution in [3.8, 4) is 0 Å². The Morgan fingerprint density at radius 2 is 1.67 bits per heavy atom. The molecule has 30 heavy (non-hydrogen) atoms. The second-order valence-corrected chi connectivity index (χ2v) is 9.17. The summed E-state index contributed by atoms with van der Waals surface area (Å²) in [5.41, 5.74) is 1.23. The Hall–Kier alpha value is -3.04. The number of benzene rings is 2. The highest BCUT2D eigenvalue weighted by molar-refractivity contribution is 7.89. The minimum Gasteiger partial charge on any atom is -0.336 e. The zero-order valence-corrected chi connectivity index (χ0v) is 17.1. The number of piperazine rings is 1. The molecule has 2 heterocycles. The summed E-state index contributed by atoms with van der Waals surface area (Å²) in [6, 6.07) is 11.5. The van der Waals surface area contributed by atoms with Gasteiger partial charge in [0.2, 0.25) is 10.0 Å². The van der Waals surface area contributed by atoms with Crippen LogP contribution in [-0.4, -0.2) is 54.7 Å². The smallest absolute Gasteiger partial charge is 0.253 e. The molecule has 1 saturated heterocycles. The van der Waals surface area contributed by atoms with Crippen molar-refractivity contribution >= 4 is 26.8 Å². The first-order chi connectivity index (χ1) is 14.3. The molecule has 0 spiro atoms. The Labute approximate surface area is 172 Å². The lowest BCUT2D eigenvalue weighted by Crippen LogP contribution is -2.50. The van der Waals surface area contributed by atoms with Gasteiger partial charge < -0.3 is 9.88 Å².